The van der Waals surface area contributed by atoms with Crippen molar-refractivity contribution >= 4 is 23.2 Å². The van der Waals surface area contributed by atoms with E-state index in [2.05, 4.69) is 5.32 Å². The summed E-state index contributed by atoms with van der Waals surface area (Å²) in [6.07, 6.45) is 5.37. The second kappa shape index (κ2) is 11.9. The van der Waals surface area contributed by atoms with E-state index < -0.39 is 6.04 Å². The molecule has 4 rings (SSSR count). The Morgan fingerprint density at radius 2 is 1.57 bits per heavy atom. The lowest BCUT2D eigenvalue weighted by atomic mass is 9.94. The highest BCUT2D eigenvalue weighted by Crippen LogP contribution is 2.30. The van der Waals surface area contributed by atoms with Gasteiger partial charge in [0.25, 0.3) is 5.91 Å². The summed E-state index contributed by atoms with van der Waals surface area (Å²) in [5.74, 6) is 1.12. The van der Waals surface area contributed by atoms with Crippen LogP contribution in [0.5, 0.6) is 11.5 Å². The lowest BCUT2D eigenvalue weighted by molar-refractivity contribution is -0.127. The summed E-state index contributed by atoms with van der Waals surface area (Å²) in [7, 11) is 3.23. The Morgan fingerprint density at radius 1 is 0.943 bits per heavy atom. The molecule has 2 amide bonds. The van der Waals surface area contributed by atoms with Gasteiger partial charge in [-0.15, -0.1) is 11.3 Å². The predicted molar refractivity (Wildman–Crippen MR) is 138 cm³/mol. The van der Waals surface area contributed by atoms with Crippen LogP contribution in [0.25, 0.3) is 0 Å². The molecule has 1 aliphatic rings. The van der Waals surface area contributed by atoms with Gasteiger partial charge >= 0.3 is 0 Å². The van der Waals surface area contributed by atoms with Gasteiger partial charge in [0.05, 0.1) is 19.1 Å². The third-order valence-corrected chi connectivity index (χ3v) is 7.31. The molecule has 1 N–H and O–H groups in total. The van der Waals surface area contributed by atoms with Gasteiger partial charge in [-0.05, 0) is 59.7 Å². The molecular weight excluding hydrogens is 460 g/mol. The first-order chi connectivity index (χ1) is 17.1. The summed E-state index contributed by atoms with van der Waals surface area (Å²) >= 11 is 1.38. The van der Waals surface area contributed by atoms with Crippen molar-refractivity contribution in [2.45, 2.75) is 50.7 Å². The summed E-state index contributed by atoms with van der Waals surface area (Å²) in [6.45, 7) is 0.287. The Kier molecular flexibility index (Phi) is 8.42. The second-order valence-electron chi connectivity index (χ2n) is 8.78. The molecule has 0 radical (unpaired) electrons. The number of nitrogens with zero attached hydrogens (tertiary/aromatic N) is 1. The zero-order chi connectivity index (χ0) is 24.6. The Bertz CT molecular complexity index is 1090. The number of hydrogen-bond acceptors (Lipinski definition) is 5. The molecule has 1 atom stereocenters. The molecule has 35 heavy (non-hydrogen) atoms. The number of ether oxygens (including phenoxy) is 2. The molecule has 1 saturated carbocycles. The van der Waals surface area contributed by atoms with E-state index in [1.807, 2.05) is 60.0 Å². The molecule has 2 aromatic carbocycles. The van der Waals surface area contributed by atoms with Crippen molar-refractivity contribution in [1.29, 1.82) is 0 Å². The maximum Gasteiger partial charge on any atom is 0.265 e. The normalized spacial score (nSPS) is 14.7. The van der Waals surface area contributed by atoms with Gasteiger partial charge in [0.15, 0.2) is 0 Å². The van der Waals surface area contributed by atoms with Crippen molar-refractivity contribution in [2.24, 2.45) is 0 Å². The van der Waals surface area contributed by atoms with Gasteiger partial charge in [-0.3, -0.25) is 9.59 Å². The number of thiophene rings is 1. The Hall–Kier alpha value is -3.32. The molecule has 0 aliphatic heterocycles. The van der Waals surface area contributed by atoms with Crippen LogP contribution < -0.4 is 14.8 Å². The molecule has 3 aromatic rings. The van der Waals surface area contributed by atoms with Crippen LogP contribution >= 0.6 is 11.3 Å². The van der Waals surface area contributed by atoms with Crippen molar-refractivity contribution in [1.82, 2.24) is 10.2 Å². The molecule has 1 aromatic heterocycles. The molecule has 184 valence electrons. The fourth-order valence-electron chi connectivity index (χ4n) is 4.54. The van der Waals surface area contributed by atoms with Gasteiger partial charge in [0.1, 0.15) is 17.5 Å². The van der Waals surface area contributed by atoms with Crippen LogP contribution in [0.2, 0.25) is 0 Å². The van der Waals surface area contributed by atoms with Gasteiger partial charge in [-0.1, -0.05) is 49.6 Å². The van der Waals surface area contributed by atoms with Crippen LogP contribution in [0.3, 0.4) is 0 Å². The SMILES string of the molecule is COc1ccc(CN(C(=O)c2cccs2)[C@@H](C(=O)NC2CCCCC2)c2ccc(OC)cc2)cc1. The summed E-state index contributed by atoms with van der Waals surface area (Å²) < 4.78 is 10.6. The van der Waals surface area contributed by atoms with Crippen molar-refractivity contribution in [3.63, 3.8) is 0 Å². The number of rotatable bonds is 9. The van der Waals surface area contributed by atoms with E-state index in [9.17, 15) is 9.59 Å². The average Bonchev–Trinajstić information content (AvgIpc) is 3.44. The number of methoxy groups -OCH3 is 2. The number of amides is 2. The number of carbonyl (C=O) groups is 2. The van der Waals surface area contributed by atoms with Crippen LogP contribution in [0, 0.1) is 0 Å². The monoisotopic (exact) mass is 492 g/mol. The molecule has 0 spiro atoms. The largest absolute Gasteiger partial charge is 0.497 e. The Morgan fingerprint density at radius 3 is 2.14 bits per heavy atom. The third-order valence-electron chi connectivity index (χ3n) is 6.45. The fraction of sp³-hybridized carbons (Fsp3) is 0.357. The Balaban J connectivity index is 1.71. The van der Waals surface area contributed by atoms with Gasteiger partial charge in [0.2, 0.25) is 5.91 Å². The first kappa shape index (κ1) is 24.8. The van der Waals surface area contributed by atoms with Gasteiger partial charge in [-0.25, -0.2) is 0 Å². The van der Waals surface area contributed by atoms with Gasteiger partial charge < -0.3 is 19.7 Å². The minimum absolute atomic E-state index is 0.136. The molecular formula is C28H32N2O4S. The summed E-state index contributed by atoms with van der Waals surface area (Å²) in [4.78, 5) is 29.9. The van der Waals surface area contributed by atoms with Crippen LogP contribution in [0.4, 0.5) is 0 Å². The lowest BCUT2D eigenvalue weighted by Crippen LogP contribution is -2.46. The average molecular weight is 493 g/mol. The highest BCUT2D eigenvalue weighted by Gasteiger charge is 2.34. The first-order valence-corrected chi connectivity index (χ1v) is 12.9. The minimum atomic E-state index is -0.778. The molecule has 0 unspecified atom stereocenters. The van der Waals surface area contributed by atoms with Gasteiger partial charge in [0, 0.05) is 12.6 Å². The second-order valence-corrected chi connectivity index (χ2v) is 9.73. The van der Waals surface area contributed by atoms with Crippen molar-refractivity contribution in [3.05, 3.63) is 82.0 Å². The van der Waals surface area contributed by atoms with Crippen LogP contribution in [0.15, 0.2) is 66.0 Å². The van der Waals surface area contributed by atoms with Crippen LogP contribution in [-0.4, -0.2) is 37.0 Å². The van der Waals surface area contributed by atoms with E-state index in [-0.39, 0.29) is 24.4 Å². The van der Waals surface area contributed by atoms with E-state index in [4.69, 9.17) is 9.47 Å². The Labute approximate surface area is 210 Å². The van der Waals surface area contributed by atoms with E-state index in [1.165, 1.54) is 17.8 Å². The van der Waals surface area contributed by atoms with E-state index in [1.54, 1.807) is 25.2 Å². The summed E-state index contributed by atoms with van der Waals surface area (Å²) in [5.41, 5.74) is 1.66. The van der Waals surface area contributed by atoms with Crippen molar-refractivity contribution in [3.8, 4) is 11.5 Å². The first-order valence-electron chi connectivity index (χ1n) is 12.0. The maximum atomic E-state index is 13.8. The lowest BCUT2D eigenvalue weighted by Gasteiger charge is -2.33. The quantitative estimate of drug-likeness (QED) is 0.422. The van der Waals surface area contributed by atoms with E-state index in [0.29, 0.717) is 10.6 Å². The molecule has 7 heteroatoms. The molecule has 0 saturated heterocycles. The van der Waals surface area contributed by atoms with E-state index in [0.717, 1.165) is 42.6 Å². The summed E-state index contributed by atoms with van der Waals surface area (Å²) in [5, 5.41) is 5.13. The van der Waals surface area contributed by atoms with Crippen LogP contribution in [-0.2, 0) is 11.3 Å². The van der Waals surface area contributed by atoms with E-state index >= 15 is 0 Å². The zero-order valence-electron chi connectivity index (χ0n) is 20.2. The highest BCUT2D eigenvalue weighted by atomic mass is 32.1. The topological polar surface area (TPSA) is 67.9 Å². The molecule has 0 bridgehead atoms. The number of benzene rings is 2. The molecule has 1 aliphatic carbocycles. The zero-order valence-corrected chi connectivity index (χ0v) is 21.1. The molecule has 1 heterocycles. The highest BCUT2D eigenvalue weighted by molar-refractivity contribution is 7.12. The standard InChI is InChI=1S/C28H32N2O4S/c1-33-23-14-10-20(11-15-23)19-30(28(32)25-9-6-18-35-25)26(21-12-16-24(34-2)17-13-21)27(31)29-22-7-4-3-5-8-22/h6,9-18,22,26H,3-5,7-8,19H2,1-2H3,(H,29,31)/t26-/m1/s1. The predicted octanol–water partition coefficient (Wildman–Crippen LogP) is 5.60. The molecule has 6 nitrogen and oxygen atoms in total. The maximum absolute atomic E-state index is 13.8. The molecule has 1 fully saturated rings. The van der Waals surface area contributed by atoms with Crippen LogP contribution in [0.1, 0.15) is 58.9 Å². The third kappa shape index (κ3) is 6.22. The number of nitrogens with one attached hydrogen (secondary N) is 1. The number of hydrogen-bond donors (Lipinski definition) is 1. The number of carbonyl (C=O) groups excluding carboxylic acids is 2. The van der Waals surface area contributed by atoms with Gasteiger partial charge in [-0.2, -0.15) is 0 Å². The smallest absolute Gasteiger partial charge is 0.265 e. The minimum Gasteiger partial charge on any atom is -0.497 e. The fourth-order valence-corrected chi connectivity index (χ4v) is 5.21. The summed E-state index contributed by atoms with van der Waals surface area (Å²) in [6, 6.07) is 18.0. The van der Waals surface area contributed by atoms with Crippen molar-refractivity contribution in [2.75, 3.05) is 14.2 Å². The van der Waals surface area contributed by atoms with Crippen molar-refractivity contribution < 1.29 is 19.1 Å².